The van der Waals surface area contributed by atoms with Gasteiger partial charge >= 0.3 is 7.82 Å². The minimum atomic E-state index is -4.15. The third kappa shape index (κ3) is 10.6. The zero-order valence-electron chi connectivity index (χ0n) is 13.9. The lowest BCUT2D eigenvalue weighted by molar-refractivity contribution is -0.870. The highest BCUT2D eigenvalue weighted by molar-refractivity contribution is 7.47. The number of rotatable bonds is 11. The molecule has 2 N–H and O–H groups in total. The number of aliphatic hydroxyl groups excluding tert-OH is 1. The minimum Gasteiger partial charge on any atom is -0.388 e. The van der Waals surface area contributed by atoms with Gasteiger partial charge in [0.25, 0.3) is 0 Å². The predicted molar refractivity (Wildman–Crippen MR) is 86.7 cm³/mol. The van der Waals surface area contributed by atoms with E-state index in [4.69, 9.17) is 13.8 Å². The Morgan fingerprint density at radius 2 is 1.78 bits per heavy atom. The number of benzene rings is 1. The summed E-state index contributed by atoms with van der Waals surface area (Å²) < 4.78 is 27.2. The van der Waals surface area contributed by atoms with E-state index in [1.165, 1.54) is 0 Å². The summed E-state index contributed by atoms with van der Waals surface area (Å²) in [7, 11) is 1.69. The minimum absolute atomic E-state index is 0.00771. The molecule has 1 aromatic carbocycles. The van der Waals surface area contributed by atoms with E-state index >= 15 is 0 Å². The summed E-state index contributed by atoms with van der Waals surface area (Å²) in [6.07, 6.45) is -0.999. The number of hydrogen-bond donors (Lipinski definition) is 2. The van der Waals surface area contributed by atoms with Crippen molar-refractivity contribution in [3.63, 3.8) is 0 Å². The van der Waals surface area contributed by atoms with Crippen LogP contribution in [0.2, 0.25) is 0 Å². The van der Waals surface area contributed by atoms with Crippen molar-refractivity contribution in [2.24, 2.45) is 0 Å². The Morgan fingerprint density at radius 3 is 2.39 bits per heavy atom. The lowest BCUT2D eigenvalue weighted by atomic mass is 10.2. The van der Waals surface area contributed by atoms with Crippen molar-refractivity contribution < 1.29 is 32.8 Å². The molecule has 0 bridgehead atoms. The molecule has 2 atom stereocenters. The smallest absolute Gasteiger partial charge is 0.388 e. The standard InChI is InChI=1S/C15H26NO6P/c1-16(2,3)9-10-21-23(18,19)22-13-15(17)12-20-11-14-7-5-4-6-8-14/h4-8,15,17H,9-13H2,1-3H3/p+1/t15-/m1/s1. The maximum Gasteiger partial charge on any atom is 0.472 e. The number of quaternary nitrogens is 1. The Labute approximate surface area is 137 Å². The number of nitrogens with zero attached hydrogens (tertiary/aromatic N) is 1. The Hall–Kier alpha value is -0.790. The van der Waals surface area contributed by atoms with Gasteiger partial charge in [-0.2, -0.15) is 0 Å². The second-order valence-electron chi connectivity index (χ2n) is 6.27. The maximum atomic E-state index is 11.7. The lowest BCUT2D eigenvalue weighted by Crippen LogP contribution is -2.37. The Bertz CT molecular complexity index is 490. The molecule has 0 fully saturated rings. The van der Waals surface area contributed by atoms with Crippen LogP contribution in [0.3, 0.4) is 0 Å². The molecule has 0 saturated heterocycles. The average molecular weight is 348 g/mol. The van der Waals surface area contributed by atoms with E-state index in [2.05, 4.69) is 0 Å². The summed E-state index contributed by atoms with van der Waals surface area (Å²) in [5, 5.41) is 9.70. The van der Waals surface area contributed by atoms with Gasteiger partial charge in [0.15, 0.2) is 0 Å². The average Bonchev–Trinajstić information content (AvgIpc) is 2.45. The molecule has 0 heterocycles. The fourth-order valence-corrected chi connectivity index (χ4v) is 2.33. The zero-order chi connectivity index (χ0) is 17.3. The molecular formula is C15H27NO6P+. The molecule has 0 saturated carbocycles. The number of hydrogen-bond acceptors (Lipinski definition) is 5. The first-order valence-corrected chi connectivity index (χ1v) is 8.89. The van der Waals surface area contributed by atoms with E-state index in [0.717, 1.165) is 5.56 Å². The summed E-state index contributed by atoms with van der Waals surface area (Å²) in [6, 6.07) is 9.52. The van der Waals surface area contributed by atoms with Crippen LogP contribution < -0.4 is 0 Å². The van der Waals surface area contributed by atoms with Crippen LogP contribution in [0, 0.1) is 0 Å². The van der Waals surface area contributed by atoms with E-state index < -0.39 is 13.9 Å². The van der Waals surface area contributed by atoms with E-state index in [-0.39, 0.29) is 19.8 Å². The molecule has 23 heavy (non-hydrogen) atoms. The maximum absolute atomic E-state index is 11.7. The normalized spacial score (nSPS) is 16.0. The molecule has 0 aliphatic heterocycles. The van der Waals surface area contributed by atoms with Crippen LogP contribution in [0.1, 0.15) is 5.56 Å². The van der Waals surface area contributed by atoms with Crippen molar-refractivity contribution >= 4 is 7.82 Å². The van der Waals surface area contributed by atoms with E-state index in [0.29, 0.717) is 17.6 Å². The van der Waals surface area contributed by atoms with Gasteiger partial charge < -0.3 is 19.2 Å². The topological polar surface area (TPSA) is 85.2 Å². The Morgan fingerprint density at radius 1 is 1.13 bits per heavy atom. The second kappa shape index (κ2) is 9.49. The largest absolute Gasteiger partial charge is 0.472 e. The van der Waals surface area contributed by atoms with Gasteiger partial charge in [-0.25, -0.2) is 4.57 Å². The molecule has 7 nitrogen and oxygen atoms in total. The van der Waals surface area contributed by atoms with Crippen LogP contribution in [0.5, 0.6) is 0 Å². The van der Waals surface area contributed by atoms with Crippen molar-refractivity contribution in [3.8, 4) is 0 Å². The molecule has 0 aromatic heterocycles. The third-order valence-corrected chi connectivity index (χ3v) is 3.85. The van der Waals surface area contributed by atoms with Gasteiger partial charge in [0.2, 0.25) is 0 Å². The summed E-state index contributed by atoms with van der Waals surface area (Å²) in [5.41, 5.74) is 0.983. The molecule has 0 aliphatic carbocycles. The highest BCUT2D eigenvalue weighted by Crippen LogP contribution is 2.43. The van der Waals surface area contributed by atoms with Gasteiger partial charge in [-0.05, 0) is 5.56 Å². The predicted octanol–water partition coefficient (Wildman–Crippen LogP) is 1.40. The molecule has 1 unspecified atom stereocenters. The van der Waals surface area contributed by atoms with E-state index in [1.807, 2.05) is 51.5 Å². The number of aliphatic hydroxyl groups is 1. The molecule has 0 aliphatic rings. The van der Waals surface area contributed by atoms with Crippen molar-refractivity contribution in [2.75, 3.05) is 47.5 Å². The van der Waals surface area contributed by atoms with Gasteiger partial charge in [-0.15, -0.1) is 0 Å². The monoisotopic (exact) mass is 348 g/mol. The highest BCUT2D eigenvalue weighted by atomic mass is 31.2. The Balaban J connectivity index is 2.18. The molecule has 0 radical (unpaired) electrons. The van der Waals surface area contributed by atoms with Gasteiger partial charge in [-0.1, -0.05) is 30.3 Å². The van der Waals surface area contributed by atoms with Crippen molar-refractivity contribution in [1.82, 2.24) is 0 Å². The van der Waals surface area contributed by atoms with Gasteiger partial charge in [0.1, 0.15) is 19.3 Å². The van der Waals surface area contributed by atoms with Crippen LogP contribution in [-0.4, -0.2) is 68.1 Å². The highest BCUT2D eigenvalue weighted by Gasteiger charge is 2.24. The van der Waals surface area contributed by atoms with E-state index in [1.54, 1.807) is 0 Å². The van der Waals surface area contributed by atoms with Crippen LogP contribution in [-0.2, 0) is 25.0 Å². The van der Waals surface area contributed by atoms with Crippen molar-refractivity contribution in [1.29, 1.82) is 0 Å². The first-order valence-electron chi connectivity index (χ1n) is 7.40. The second-order valence-corrected chi connectivity index (χ2v) is 7.72. The van der Waals surface area contributed by atoms with Crippen LogP contribution in [0.15, 0.2) is 30.3 Å². The molecule has 1 rings (SSSR count). The summed E-state index contributed by atoms with van der Waals surface area (Å²) in [5.74, 6) is 0. The lowest BCUT2D eigenvalue weighted by Gasteiger charge is -2.24. The summed E-state index contributed by atoms with van der Waals surface area (Å²) in [6.45, 7) is 0.698. The number of phosphoric ester groups is 1. The summed E-state index contributed by atoms with van der Waals surface area (Å²) in [4.78, 5) is 9.52. The molecule has 8 heteroatoms. The fourth-order valence-electron chi connectivity index (χ4n) is 1.58. The Kier molecular flexibility index (Phi) is 8.36. The fraction of sp³-hybridized carbons (Fsp3) is 0.600. The molecule has 132 valence electrons. The van der Waals surface area contributed by atoms with Gasteiger partial charge in [0, 0.05) is 0 Å². The van der Waals surface area contributed by atoms with Gasteiger partial charge in [-0.3, -0.25) is 9.05 Å². The van der Waals surface area contributed by atoms with E-state index in [9.17, 15) is 14.6 Å². The quantitative estimate of drug-likeness (QED) is 0.465. The number of ether oxygens (including phenoxy) is 1. The van der Waals surface area contributed by atoms with Crippen LogP contribution >= 0.6 is 7.82 Å². The third-order valence-electron chi connectivity index (χ3n) is 2.87. The zero-order valence-corrected chi connectivity index (χ0v) is 14.8. The van der Waals surface area contributed by atoms with Gasteiger partial charge in [0.05, 0.1) is 41.0 Å². The number of likely N-dealkylation sites (N-methyl/N-ethyl adjacent to an activating group) is 1. The number of phosphoric acid groups is 1. The molecular weight excluding hydrogens is 321 g/mol. The van der Waals surface area contributed by atoms with Crippen molar-refractivity contribution in [3.05, 3.63) is 35.9 Å². The molecule has 0 amide bonds. The van der Waals surface area contributed by atoms with Crippen LogP contribution in [0.25, 0.3) is 0 Å². The van der Waals surface area contributed by atoms with Crippen molar-refractivity contribution in [2.45, 2.75) is 12.7 Å². The first-order chi connectivity index (χ1) is 10.7. The van der Waals surface area contributed by atoms with Crippen LogP contribution in [0.4, 0.5) is 0 Å². The SMILES string of the molecule is C[N+](C)(C)CCOP(=O)(O)OC[C@H](O)COCc1ccccc1. The summed E-state index contributed by atoms with van der Waals surface area (Å²) >= 11 is 0. The molecule has 1 aromatic rings. The molecule has 0 spiro atoms. The first kappa shape index (κ1) is 20.3.